The second-order valence-corrected chi connectivity index (χ2v) is 7.69. The highest BCUT2D eigenvalue weighted by Crippen LogP contribution is 2.35. The Balaban J connectivity index is 1.40. The van der Waals surface area contributed by atoms with Crippen LogP contribution < -0.4 is 20.8 Å². The zero-order chi connectivity index (χ0) is 23.7. The van der Waals surface area contributed by atoms with Crippen LogP contribution in [0.15, 0.2) is 78.0 Å². The van der Waals surface area contributed by atoms with Crippen LogP contribution in [0.1, 0.15) is 21.6 Å². The number of hydrogen-bond acceptors (Lipinski definition) is 4. The van der Waals surface area contributed by atoms with Crippen molar-refractivity contribution in [2.45, 2.75) is 0 Å². The molecule has 2 aromatic heterocycles. The summed E-state index contributed by atoms with van der Waals surface area (Å²) in [6.07, 6.45) is 6.48. The number of rotatable bonds is 5. The smallest absolute Gasteiger partial charge is 0.261 e. The highest BCUT2D eigenvalue weighted by molar-refractivity contribution is 6.35. The molecule has 0 unspecified atom stereocenters. The molecule has 0 atom stereocenters. The van der Waals surface area contributed by atoms with Crippen LogP contribution in [-0.4, -0.2) is 28.9 Å². The van der Waals surface area contributed by atoms with Gasteiger partial charge in [0, 0.05) is 41.1 Å². The Bertz CT molecular complexity index is 1480. The maximum Gasteiger partial charge on any atom is 0.261 e. The van der Waals surface area contributed by atoms with Crippen molar-refractivity contribution < 1.29 is 14.3 Å². The number of anilines is 2. The van der Waals surface area contributed by atoms with Gasteiger partial charge in [0.2, 0.25) is 5.43 Å². The Labute approximate surface area is 194 Å². The van der Waals surface area contributed by atoms with Crippen molar-refractivity contribution in [3.8, 4) is 16.9 Å². The summed E-state index contributed by atoms with van der Waals surface area (Å²) in [5, 5.41) is 5.56. The highest BCUT2D eigenvalue weighted by atomic mass is 16.5. The molecule has 1 aliphatic heterocycles. The Hall–Kier alpha value is -4.85. The van der Waals surface area contributed by atoms with E-state index >= 15 is 0 Å². The number of fused-ring (bicyclic) bond motifs is 1. The Kier molecular flexibility index (Phi) is 5.31. The van der Waals surface area contributed by atoms with Crippen molar-refractivity contribution in [3.63, 3.8) is 0 Å². The SMILES string of the molecule is COc1ccc(-c2c[nH]cc(C(=O)Nc3ccc4c(c3)NC(=O)/C4=C\c3ccc[nH]3)c2=O)cc1. The number of nitrogens with one attached hydrogen (secondary N) is 4. The maximum absolute atomic E-state index is 13.0. The molecule has 0 saturated heterocycles. The third-order valence-electron chi connectivity index (χ3n) is 5.57. The van der Waals surface area contributed by atoms with E-state index in [4.69, 9.17) is 4.74 Å². The van der Waals surface area contributed by atoms with Crippen molar-refractivity contribution in [3.05, 3.63) is 100 Å². The molecule has 34 heavy (non-hydrogen) atoms. The maximum atomic E-state index is 13.0. The van der Waals surface area contributed by atoms with E-state index in [1.165, 1.54) is 6.20 Å². The quantitative estimate of drug-likeness (QED) is 0.341. The normalized spacial score (nSPS) is 13.4. The first-order valence-corrected chi connectivity index (χ1v) is 10.5. The molecule has 5 rings (SSSR count). The molecule has 0 fully saturated rings. The summed E-state index contributed by atoms with van der Waals surface area (Å²) in [5.74, 6) is -0.108. The summed E-state index contributed by atoms with van der Waals surface area (Å²) in [6.45, 7) is 0. The lowest BCUT2D eigenvalue weighted by molar-refractivity contribution is -0.110. The molecule has 3 heterocycles. The molecule has 4 aromatic rings. The zero-order valence-corrected chi connectivity index (χ0v) is 18.1. The molecule has 0 bridgehead atoms. The molecular formula is C26H20N4O4. The van der Waals surface area contributed by atoms with Crippen molar-refractivity contribution in [2.75, 3.05) is 17.7 Å². The van der Waals surface area contributed by atoms with Gasteiger partial charge in [-0.05, 0) is 48.0 Å². The fraction of sp³-hybridized carbons (Fsp3) is 0.0385. The van der Waals surface area contributed by atoms with E-state index in [1.54, 1.807) is 68.0 Å². The number of aromatic amines is 2. The van der Waals surface area contributed by atoms with Gasteiger partial charge in [-0.25, -0.2) is 0 Å². The Morgan fingerprint density at radius 1 is 1.00 bits per heavy atom. The van der Waals surface area contributed by atoms with Crippen LogP contribution >= 0.6 is 0 Å². The molecule has 8 nitrogen and oxygen atoms in total. The average Bonchev–Trinajstić information content (AvgIpc) is 3.47. The second kappa shape index (κ2) is 8.59. The molecule has 168 valence electrons. The summed E-state index contributed by atoms with van der Waals surface area (Å²) in [6, 6.07) is 15.9. The number of carbonyl (C=O) groups excluding carboxylic acids is 2. The number of aromatic nitrogens is 2. The van der Waals surface area contributed by atoms with Crippen LogP contribution in [0.2, 0.25) is 0 Å². The van der Waals surface area contributed by atoms with Crippen LogP contribution in [0, 0.1) is 0 Å². The monoisotopic (exact) mass is 452 g/mol. The van der Waals surface area contributed by atoms with Gasteiger partial charge in [0.25, 0.3) is 11.8 Å². The number of benzene rings is 2. The largest absolute Gasteiger partial charge is 0.497 e. The predicted molar refractivity (Wildman–Crippen MR) is 131 cm³/mol. The molecule has 2 amide bonds. The van der Waals surface area contributed by atoms with E-state index in [-0.39, 0.29) is 11.5 Å². The summed E-state index contributed by atoms with van der Waals surface area (Å²) >= 11 is 0. The van der Waals surface area contributed by atoms with E-state index in [0.29, 0.717) is 33.8 Å². The average molecular weight is 452 g/mol. The van der Waals surface area contributed by atoms with Crippen LogP contribution in [-0.2, 0) is 4.79 Å². The number of methoxy groups -OCH3 is 1. The van der Waals surface area contributed by atoms with Gasteiger partial charge in [0.05, 0.1) is 18.4 Å². The van der Waals surface area contributed by atoms with E-state index in [2.05, 4.69) is 20.6 Å². The molecule has 8 heteroatoms. The van der Waals surface area contributed by atoms with Crippen molar-refractivity contribution in [1.29, 1.82) is 0 Å². The Morgan fingerprint density at radius 2 is 1.82 bits per heavy atom. The lowest BCUT2D eigenvalue weighted by Gasteiger charge is -2.08. The minimum absolute atomic E-state index is 0.0230. The van der Waals surface area contributed by atoms with Crippen LogP contribution in [0.5, 0.6) is 5.75 Å². The Morgan fingerprint density at radius 3 is 2.56 bits per heavy atom. The number of pyridine rings is 1. The summed E-state index contributed by atoms with van der Waals surface area (Å²) in [5.41, 5.74) is 3.73. The lowest BCUT2D eigenvalue weighted by atomic mass is 10.0. The van der Waals surface area contributed by atoms with Gasteiger partial charge in [-0.1, -0.05) is 18.2 Å². The fourth-order valence-electron chi connectivity index (χ4n) is 3.84. The summed E-state index contributed by atoms with van der Waals surface area (Å²) in [7, 11) is 1.57. The van der Waals surface area contributed by atoms with Crippen LogP contribution in [0.25, 0.3) is 22.8 Å². The van der Waals surface area contributed by atoms with E-state index in [0.717, 1.165) is 11.3 Å². The number of H-pyrrole nitrogens is 2. The van der Waals surface area contributed by atoms with Gasteiger partial charge in [0.15, 0.2) is 0 Å². The molecule has 0 saturated carbocycles. The molecule has 1 aliphatic rings. The minimum Gasteiger partial charge on any atom is -0.497 e. The summed E-state index contributed by atoms with van der Waals surface area (Å²) < 4.78 is 5.15. The second-order valence-electron chi connectivity index (χ2n) is 7.69. The molecular weight excluding hydrogens is 432 g/mol. The van der Waals surface area contributed by atoms with Gasteiger partial charge in [0.1, 0.15) is 11.3 Å². The molecule has 0 radical (unpaired) electrons. The third kappa shape index (κ3) is 3.88. The van der Waals surface area contributed by atoms with E-state index in [9.17, 15) is 14.4 Å². The topological polar surface area (TPSA) is 116 Å². The molecule has 2 aromatic carbocycles. The first-order chi connectivity index (χ1) is 16.5. The molecule has 0 aliphatic carbocycles. The summed E-state index contributed by atoms with van der Waals surface area (Å²) in [4.78, 5) is 44.3. The van der Waals surface area contributed by atoms with Gasteiger partial charge in [-0.2, -0.15) is 0 Å². The van der Waals surface area contributed by atoms with Gasteiger partial charge < -0.3 is 25.3 Å². The van der Waals surface area contributed by atoms with Crippen molar-refractivity contribution in [2.24, 2.45) is 0 Å². The number of ether oxygens (including phenoxy) is 1. The highest BCUT2D eigenvalue weighted by Gasteiger charge is 2.25. The first kappa shape index (κ1) is 21.0. The van der Waals surface area contributed by atoms with Gasteiger partial charge >= 0.3 is 0 Å². The number of carbonyl (C=O) groups is 2. The fourth-order valence-corrected chi connectivity index (χ4v) is 3.84. The number of amides is 2. The third-order valence-corrected chi connectivity index (χ3v) is 5.57. The standard InChI is InChI=1S/C26H20N4O4/c1-34-18-7-4-15(5-8-18)21-13-27-14-22(24(21)31)26(33)29-17-6-9-19-20(11-16-3-2-10-28-16)25(32)30-23(19)12-17/h2-14,28H,1H3,(H,27,31)(H,29,33)(H,30,32)/b20-11-. The van der Waals surface area contributed by atoms with Crippen LogP contribution in [0.4, 0.5) is 11.4 Å². The van der Waals surface area contributed by atoms with E-state index in [1.807, 2.05) is 12.1 Å². The molecule has 0 spiro atoms. The van der Waals surface area contributed by atoms with Crippen LogP contribution in [0.3, 0.4) is 0 Å². The minimum atomic E-state index is -0.553. The van der Waals surface area contributed by atoms with Gasteiger partial charge in [-0.3, -0.25) is 14.4 Å². The predicted octanol–water partition coefficient (Wildman–Crippen LogP) is 4.12. The lowest BCUT2D eigenvalue weighted by Crippen LogP contribution is -2.22. The van der Waals surface area contributed by atoms with E-state index < -0.39 is 11.3 Å². The van der Waals surface area contributed by atoms with Gasteiger partial charge in [-0.15, -0.1) is 0 Å². The first-order valence-electron chi connectivity index (χ1n) is 10.5. The zero-order valence-electron chi connectivity index (χ0n) is 18.1. The van der Waals surface area contributed by atoms with Crippen molar-refractivity contribution >= 4 is 34.8 Å². The number of hydrogen-bond donors (Lipinski definition) is 4. The molecule has 4 N–H and O–H groups in total. The van der Waals surface area contributed by atoms with Crippen molar-refractivity contribution in [1.82, 2.24) is 9.97 Å².